The highest BCUT2D eigenvalue weighted by Gasteiger charge is 2.26. The molecule has 0 aliphatic carbocycles. The molecule has 0 aliphatic rings. The van der Waals surface area contributed by atoms with Crippen LogP contribution in [0.25, 0.3) is 0 Å². The van der Waals surface area contributed by atoms with Gasteiger partial charge in [-0.15, -0.1) is 0 Å². The Labute approximate surface area is 138 Å². The van der Waals surface area contributed by atoms with E-state index in [0.717, 1.165) is 12.1 Å². The van der Waals surface area contributed by atoms with Crippen LogP contribution in [0.1, 0.15) is 38.8 Å². The Bertz CT molecular complexity index is 635. The number of carboxylic acid groups (broad SMARTS) is 1. The molecule has 8 heteroatoms. The minimum absolute atomic E-state index is 0.0572. The van der Waals surface area contributed by atoms with Crippen LogP contribution in [0, 0.1) is 17.6 Å². The zero-order valence-corrected chi connectivity index (χ0v) is 13.6. The second kappa shape index (κ2) is 8.37. The Hall–Kier alpha value is -2.51. The summed E-state index contributed by atoms with van der Waals surface area (Å²) < 4.78 is 26.9. The van der Waals surface area contributed by atoms with Crippen molar-refractivity contribution in [2.24, 2.45) is 5.92 Å². The molecule has 2 atom stereocenters. The average molecular weight is 342 g/mol. The zero-order valence-electron chi connectivity index (χ0n) is 13.6. The first-order valence-electron chi connectivity index (χ1n) is 7.36. The van der Waals surface area contributed by atoms with Gasteiger partial charge in [-0.3, -0.25) is 9.59 Å². The van der Waals surface area contributed by atoms with Crippen LogP contribution in [0.15, 0.2) is 18.2 Å². The lowest BCUT2D eigenvalue weighted by Crippen LogP contribution is -2.45. The zero-order chi connectivity index (χ0) is 18.4. The number of rotatable bonds is 7. The number of carboxylic acids is 1. The molecule has 1 aromatic carbocycles. The lowest BCUT2D eigenvalue weighted by molar-refractivity contribution is -0.143. The van der Waals surface area contributed by atoms with E-state index >= 15 is 0 Å². The first kappa shape index (κ1) is 19.5. The molecule has 0 spiro atoms. The summed E-state index contributed by atoms with van der Waals surface area (Å²) in [6.45, 7) is 4.45. The van der Waals surface area contributed by atoms with Crippen molar-refractivity contribution in [1.82, 2.24) is 10.6 Å². The summed E-state index contributed by atoms with van der Waals surface area (Å²) >= 11 is 0. The minimum Gasteiger partial charge on any atom is -0.480 e. The van der Waals surface area contributed by atoms with Crippen LogP contribution >= 0.6 is 0 Å². The predicted octanol–water partition coefficient (Wildman–Crippen LogP) is 1.76. The van der Waals surface area contributed by atoms with Crippen molar-refractivity contribution < 1.29 is 28.3 Å². The molecule has 0 aliphatic heterocycles. The summed E-state index contributed by atoms with van der Waals surface area (Å²) in [7, 11) is 0. The molecule has 6 nitrogen and oxygen atoms in total. The SMILES string of the molecule is CC(=O)NC(CC(=O)N[C@@H](C(=O)O)C(C)C)c1ccc(F)cc1F. The van der Waals surface area contributed by atoms with Crippen molar-refractivity contribution in [3.05, 3.63) is 35.4 Å². The maximum Gasteiger partial charge on any atom is 0.326 e. The number of benzene rings is 1. The topological polar surface area (TPSA) is 95.5 Å². The molecule has 2 amide bonds. The van der Waals surface area contributed by atoms with Crippen LogP contribution in [0.2, 0.25) is 0 Å². The van der Waals surface area contributed by atoms with Crippen LogP contribution in [-0.4, -0.2) is 28.9 Å². The van der Waals surface area contributed by atoms with Crippen LogP contribution in [-0.2, 0) is 14.4 Å². The third kappa shape index (κ3) is 5.60. The number of hydrogen-bond donors (Lipinski definition) is 3. The first-order valence-corrected chi connectivity index (χ1v) is 7.36. The molecule has 0 saturated carbocycles. The van der Waals surface area contributed by atoms with Gasteiger partial charge in [0, 0.05) is 18.6 Å². The van der Waals surface area contributed by atoms with E-state index in [4.69, 9.17) is 5.11 Å². The highest BCUT2D eigenvalue weighted by atomic mass is 19.1. The lowest BCUT2D eigenvalue weighted by Gasteiger charge is -2.22. The molecular weight excluding hydrogens is 322 g/mol. The second-order valence-electron chi connectivity index (χ2n) is 5.75. The Morgan fingerprint density at radius 2 is 1.79 bits per heavy atom. The molecule has 0 saturated heterocycles. The number of amides is 2. The Kier molecular flexibility index (Phi) is 6.82. The van der Waals surface area contributed by atoms with Crippen molar-refractivity contribution in [2.45, 2.75) is 39.3 Å². The average Bonchev–Trinajstić information content (AvgIpc) is 2.42. The van der Waals surface area contributed by atoms with Crippen LogP contribution in [0.4, 0.5) is 8.78 Å². The van der Waals surface area contributed by atoms with Gasteiger partial charge < -0.3 is 15.7 Å². The van der Waals surface area contributed by atoms with Crippen molar-refractivity contribution >= 4 is 17.8 Å². The van der Waals surface area contributed by atoms with Gasteiger partial charge in [-0.25, -0.2) is 13.6 Å². The molecule has 132 valence electrons. The summed E-state index contributed by atoms with van der Waals surface area (Å²) in [5, 5.41) is 13.8. The first-order chi connectivity index (χ1) is 11.1. The highest BCUT2D eigenvalue weighted by Crippen LogP contribution is 2.21. The lowest BCUT2D eigenvalue weighted by atomic mass is 10.0. The fraction of sp³-hybridized carbons (Fsp3) is 0.438. The van der Waals surface area contributed by atoms with Gasteiger partial charge in [0.2, 0.25) is 11.8 Å². The number of hydrogen-bond acceptors (Lipinski definition) is 3. The monoisotopic (exact) mass is 342 g/mol. The molecule has 1 unspecified atom stereocenters. The number of nitrogens with one attached hydrogen (secondary N) is 2. The number of aliphatic carboxylic acids is 1. The van der Waals surface area contributed by atoms with Gasteiger partial charge in [0.1, 0.15) is 17.7 Å². The van der Waals surface area contributed by atoms with Crippen LogP contribution in [0.3, 0.4) is 0 Å². The van der Waals surface area contributed by atoms with Gasteiger partial charge in [-0.05, 0) is 12.0 Å². The van der Waals surface area contributed by atoms with E-state index in [1.54, 1.807) is 13.8 Å². The smallest absolute Gasteiger partial charge is 0.326 e. The van der Waals surface area contributed by atoms with Crippen molar-refractivity contribution in [3.63, 3.8) is 0 Å². The third-order valence-electron chi connectivity index (χ3n) is 3.35. The van der Waals surface area contributed by atoms with Gasteiger partial charge in [-0.1, -0.05) is 19.9 Å². The minimum atomic E-state index is -1.19. The number of carbonyl (C=O) groups excluding carboxylic acids is 2. The number of halogens is 2. The maximum atomic E-state index is 13.9. The second-order valence-corrected chi connectivity index (χ2v) is 5.75. The van der Waals surface area contributed by atoms with E-state index in [9.17, 15) is 23.2 Å². The molecule has 3 N–H and O–H groups in total. The number of carbonyl (C=O) groups is 3. The summed E-state index contributed by atoms with van der Waals surface area (Å²) in [6, 6.07) is 0.656. The van der Waals surface area contributed by atoms with E-state index in [2.05, 4.69) is 10.6 Å². The molecule has 0 fully saturated rings. The molecule has 0 bridgehead atoms. The van der Waals surface area contributed by atoms with E-state index in [1.807, 2.05) is 0 Å². The summed E-state index contributed by atoms with van der Waals surface area (Å²) in [6.07, 6.45) is -0.376. The molecule has 24 heavy (non-hydrogen) atoms. The molecule has 0 heterocycles. The van der Waals surface area contributed by atoms with Gasteiger partial charge in [0.05, 0.1) is 12.5 Å². The van der Waals surface area contributed by atoms with Gasteiger partial charge in [0.15, 0.2) is 0 Å². The molecule has 1 rings (SSSR count). The Morgan fingerprint density at radius 1 is 1.17 bits per heavy atom. The Balaban J connectivity index is 2.95. The molecule has 1 aromatic rings. The molecular formula is C16H20F2N2O4. The van der Waals surface area contributed by atoms with Gasteiger partial charge >= 0.3 is 5.97 Å². The predicted molar refractivity (Wildman–Crippen MR) is 81.9 cm³/mol. The summed E-state index contributed by atoms with van der Waals surface area (Å²) in [5.74, 6) is -4.41. The fourth-order valence-corrected chi connectivity index (χ4v) is 2.20. The fourth-order valence-electron chi connectivity index (χ4n) is 2.20. The van der Waals surface area contributed by atoms with E-state index < -0.39 is 41.5 Å². The quantitative estimate of drug-likeness (QED) is 0.703. The Morgan fingerprint density at radius 3 is 2.25 bits per heavy atom. The summed E-state index contributed by atoms with van der Waals surface area (Å²) in [5.41, 5.74) is -0.0572. The van der Waals surface area contributed by atoms with E-state index in [0.29, 0.717) is 6.07 Å². The molecule has 0 aromatic heterocycles. The van der Waals surface area contributed by atoms with Crippen LogP contribution in [0.5, 0.6) is 0 Å². The third-order valence-corrected chi connectivity index (χ3v) is 3.35. The van der Waals surface area contributed by atoms with Crippen LogP contribution < -0.4 is 10.6 Å². The standard InChI is InChI=1S/C16H20F2N2O4/c1-8(2)15(16(23)24)20-14(22)7-13(19-9(3)21)11-5-4-10(17)6-12(11)18/h4-6,8,13,15H,7H2,1-3H3,(H,19,21)(H,20,22)(H,23,24)/t13?,15-/m1/s1. The van der Waals surface area contributed by atoms with Gasteiger partial charge in [-0.2, -0.15) is 0 Å². The maximum absolute atomic E-state index is 13.9. The normalized spacial score (nSPS) is 13.2. The van der Waals surface area contributed by atoms with Crippen molar-refractivity contribution in [3.8, 4) is 0 Å². The molecule has 0 radical (unpaired) electrons. The largest absolute Gasteiger partial charge is 0.480 e. The van der Waals surface area contributed by atoms with Crippen molar-refractivity contribution in [1.29, 1.82) is 0 Å². The van der Waals surface area contributed by atoms with E-state index in [1.165, 1.54) is 6.92 Å². The van der Waals surface area contributed by atoms with E-state index in [-0.39, 0.29) is 17.9 Å². The van der Waals surface area contributed by atoms with Crippen molar-refractivity contribution in [2.75, 3.05) is 0 Å². The summed E-state index contributed by atoms with van der Waals surface area (Å²) in [4.78, 5) is 34.5. The highest BCUT2D eigenvalue weighted by molar-refractivity contribution is 5.84. The van der Waals surface area contributed by atoms with Gasteiger partial charge in [0.25, 0.3) is 0 Å².